The van der Waals surface area contributed by atoms with E-state index >= 15 is 0 Å². The zero-order valence-electron chi connectivity index (χ0n) is 11.8. The molecule has 0 N–H and O–H groups in total. The lowest BCUT2D eigenvalue weighted by molar-refractivity contribution is 0.0778. The Labute approximate surface area is 147 Å². The predicted octanol–water partition coefficient (Wildman–Crippen LogP) is 4.43. The molecule has 0 fully saturated rings. The van der Waals surface area contributed by atoms with E-state index in [4.69, 9.17) is 34.8 Å². The van der Waals surface area contributed by atoms with Gasteiger partial charge in [0, 0.05) is 23.6 Å². The third-order valence-electron chi connectivity index (χ3n) is 2.88. The Morgan fingerprint density at radius 3 is 2.64 bits per heavy atom. The Balaban J connectivity index is 2.22. The number of rotatable bonds is 4. The van der Waals surface area contributed by atoms with Crippen LogP contribution < -0.4 is 0 Å². The quantitative estimate of drug-likeness (QED) is 0.585. The highest BCUT2D eigenvalue weighted by molar-refractivity contribution is 7.98. The van der Waals surface area contributed by atoms with E-state index in [2.05, 4.69) is 9.97 Å². The second-order valence-corrected chi connectivity index (χ2v) is 6.47. The van der Waals surface area contributed by atoms with E-state index in [9.17, 15) is 4.79 Å². The van der Waals surface area contributed by atoms with Crippen LogP contribution in [0.4, 0.5) is 0 Å². The fraction of sp³-hybridized carbons (Fsp3) is 0.214. The third-order valence-corrected chi connectivity index (χ3v) is 4.30. The summed E-state index contributed by atoms with van der Waals surface area (Å²) >= 11 is 19.4. The minimum Gasteiger partial charge on any atom is -0.336 e. The maximum absolute atomic E-state index is 12.5. The highest BCUT2D eigenvalue weighted by Gasteiger charge is 2.19. The van der Waals surface area contributed by atoms with Gasteiger partial charge in [-0.15, -0.1) is 0 Å². The number of thioether (sulfide) groups is 1. The Bertz CT molecular complexity index is 712. The monoisotopic (exact) mass is 375 g/mol. The molecule has 0 atom stereocenters. The van der Waals surface area contributed by atoms with E-state index in [0.717, 1.165) is 5.56 Å². The van der Waals surface area contributed by atoms with Gasteiger partial charge in [0.05, 0.1) is 11.2 Å². The van der Waals surface area contributed by atoms with Gasteiger partial charge in [0.2, 0.25) is 0 Å². The molecule has 0 radical (unpaired) electrons. The van der Waals surface area contributed by atoms with Gasteiger partial charge in [-0.3, -0.25) is 4.79 Å². The van der Waals surface area contributed by atoms with E-state index in [1.54, 1.807) is 25.2 Å². The van der Waals surface area contributed by atoms with Crippen molar-refractivity contribution in [2.45, 2.75) is 11.7 Å². The standard InChI is InChI=1S/C14H12Cl3N3OS/c1-20(7-8-3-4-9(15)5-10(8)16)13(21)12-11(17)6-18-14(19-12)22-2/h3-6H,7H2,1-2H3. The van der Waals surface area contributed by atoms with Crippen molar-refractivity contribution in [1.82, 2.24) is 14.9 Å². The van der Waals surface area contributed by atoms with Crippen LogP contribution in [-0.4, -0.2) is 34.1 Å². The van der Waals surface area contributed by atoms with Crippen molar-refractivity contribution in [3.05, 3.63) is 50.7 Å². The molecule has 0 bridgehead atoms. The Morgan fingerprint density at radius 2 is 2.00 bits per heavy atom. The summed E-state index contributed by atoms with van der Waals surface area (Å²) in [5.74, 6) is -0.297. The number of benzene rings is 1. The zero-order chi connectivity index (χ0) is 16.3. The van der Waals surface area contributed by atoms with Gasteiger partial charge in [-0.05, 0) is 24.0 Å². The summed E-state index contributed by atoms with van der Waals surface area (Å²) in [6, 6.07) is 5.15. The first kappa shape index (κ1) is 17.3. The molecule has 22 heavy (non-hydrogen) atoms. The number of amides is 1. The summed E-state index contributed by atoms with van der Waals surface area (Å²) in [4.78, 5) is 22.2. The van der Waals surface area contributed by atoms with Crippen LogP contribution in [0.25, 0.3) is 0 Å². The maximum atomic E-state index is 12.5. The fourth-order valence-corrected chi connectivity index (χ4v) is 2.74. The number of nitrogens with zero attached hydrogens (tertiary/aromatic N) is 3. The van der Waals surface area contributed by atoms with Gasteiger partial charge in [-0.1, -0.05) is 52.6 Å². The first-order chi connectivity index (χ1) is 10.4. The van der Waals surface area contributed by atoms with E-state index in [0.29, 0.717) is 21.7 Å². The molecule has 0 saturated heterocycles. The van der Waals surface area contributed by atoms with Crippen LogP contribution in [0.2, 0.25) is 15.1 Å². The van der Waals surface area contributed by atoms with Crippen LogP contribution in [0.3, 0.4) is 0 Å². The zero-order valence-corrected chi connectivity index (χ0v) is 14.9. The van der Waals surface area contributed by atoms with Crippen molar-refractivity contribution in [1.29, 1.82) is 0 Å². The molecule has 0 aliphatic rings. The maximum Gasteiger partial charge on any atom is 0.274 e. The number of halogens is 3. The summed E-state index contributed by atoms with van der Waals surface area (Å²) < 4.78 is 0. The molecule has 2 rings (SSSR count). The highest BCUT2D eigenvalue weighted by Crippen LogP contribution is 2.23. The summed E-state index contributed by atoms with van der Waals surface area (Å²) in [5, 5.41) is 1.76. The van der Waals surface area contributed by atoms with Gasteiger partial charge in [0.25, 0.3) is 5.91 Å². The largest absolute Gasteiger partial charge is 0.336 e. The van der Waals surface area contributed by atoms with Crippen molar-refractivity contribution in [2.24, 2.45) is 0 Å². The molecule has 8 heteroatoms. The molecule has 0 unspecified atom stereocenters. The summed E-state index contributed by atoms with van der Waals surface area (Å²) in [6.07, 6.45) is 3.26. The Morgan fingerprint density at radius 1 is 1.27 bits per heavy atom. The van der Waals surface area contributed by atoms with Crippen molar-refractivity contribution < 1.29 is 4.79 Å². The second-order valence-electron chi connectivity index (χ2n) is 4.45. The molecular formula is C14H12Cl3N3OS. The van der Waals surface area contributed by atoms with E-state index in [-0.39, 0.29) is 16.6 Å². The molecule has 1 aromatic carbocycles. The lowest BCUT2D eigenvalue weighted by Crippen LogP contribution is -2.27. The van der Waals surface area contributed by atoms with Crippen LogP contribution in [0.1, 0.15) is 16.1 Å². The third kappa shape index (κ3) is 4.04. The predicted molar refractivity (Wildman–Crippen MR) is 91.1 cm³/mol. The van der Waals surface area contributed by atoms with Gasteiger partial charge in [-0.2, -0.15) is 0 Å². The molecule has 0 spiro atoms. The molecular weight excluding hydrogens is 365 g/mol. The second kappa shape index (κ2) is 7.51. The van der Waals surface area contributed by atoms with E-state index < -0.39 is 0 Å². The molecule has 2 aromatic rings. The normalized spacial score (nSPS) is 10.6. The smallest absolute Gasteiger partial charge is 0.274 e. The minimum absolute atomic E-state index is 0.175. The molecule has 1 amide bonds. The van der Waals surface area contributed by atoms with Gasteiger partial charge in [0.15, 0.2) is 10.9 Å². The SMILES string of the molecule is CSc1ncc(Cl)c(C(=O)N(C)Cc2ccc(Cl)cc2Cl)n1. The first-order valence-corrected chi connectivity index (χ1v) is 8.54. The molecule has 1 heterocycles. The fourth-order valence-electron chi connectivity index (χ4n) is 1.76. The lowest BCUT2D eigenvalue weighted by atomic mass is 10.2. The number of hydrogen-bond acceptors (Lipinski definition) is 4. The summed E-state index contributed by atoms with van der Waals surface area (Å²) in [6.45, 7) is 0.323. The van der Waals surface area contributed by atoms with Gasteiger partial charge in [-0.25, -0.2) is 9.97 Å². The average molecular weight is 377 g/mol. The molecule has 0 aliphatic heterocycles. The molecule has 116 valence electrons. The van der Waals surface area contributed by atoms with Crippen molar-refractivity contribution in [2.75, 3.05) is 13.3 Å². The van der Waals surface area contributed by atoms with Gasteiger partial charge >= 0.3 is 0 Å². The Kier molecular flexibility index (Phi) is 5.92. The summed E-state index contributed by atoms with van der Waals surface area (Å²) in [5.41, 5.74) is 0.964. The van der Waals surface area contributed by atoms with Crippen LogP contribution >= 0.6 is 46.6 Å². The topological polar surface area (TPSA) is 46.1 Å². The average Bonchev–Trinajstić information content (AvgIpc) is 2.49. The van der Waals surface area contributed by atoms with Crippen LogP contribution in [0.5, 0.6) is 0 Å². The van der Waals surface area contributed by atoms with Crippen LogP contribution in [0, 0.1) is 0 Å². The van der Waals surface area contributed by atoms with Crippen LogP contribution in [-0.2, 0) is 6.54 Å². The highest BCUT2D eigenvalue weighted by atomic mass is 35.5. The molecule has 0 saturated carbocycles. The van der Waals surface area contributed by atoms with Gasteiger partial charge in [0.1, 0.15) is 0 Å². The number of hydrogen-bond donors (Lipinski definition) is 0. The Hall–Kier alpha value is -1.01. The summed E-state index contributed by atoms with van der Waals surface area (Å²) in [7, 11) is 1.66. The van der Waals surface area contributed by atoms with Crippen LogP contribution in [0.15, 0.2) is 29.6 Å². The van der Waals surface area contributed by atoms with E-state index in [1.807, 2.05) is 6.26 Å². The minimum atomic E-state index is -0.297. The molecule has 1 aromatic heterocycles. The number of carbonyl (C=O) groups is 1. The number of aromatic nitrogens is 2. The van der Waals surface area contributed by atoms with Crippen molar-refractivity contribution in [3.8, 4) is 0 Å². The molecule has 0 aliphatic carbocycles. The van der Waals surface area contributed by atoms with Gasteiger partial charge < -0.3 is 4.90 Å². The van der Waals surface area contributed by atoms with E-state index in [1.165, 1.54) is 22.9 Å². The van der Waals surface area contributed by atoms with Crippen molar-refractivity contribution >= 4 is 52.5 Å². The molecule has 4 nitrogen and oxygen atoms in total. The van der Waals surface area contributed by atoms with Crippen molar-refractivity contribution in [3.63, 3.8) is 0 Å². The lowest BCUT2D eigenvalue weighted by Gasteiger charge is -2.18. The number of carbonyl (C=O) groups excluding carboxylic acids is 1. The first-order valence-electron chi connectivity index (χ1n) is 6.18.